The highest BCUT2D eigenvalue weighted by Crippen LogP contribution is 2.34. The Labute approximate surface area is 155 Å². The van der Waals surface area contributed by atoms with Gasteiger partial charge in [-0.05, 0) is 31.9 Å². The minimum absolute atomic E-state index is 0.115. The lowest BCUT2D eigenvalue weighted by atomic mass is 10.2. The first-order valence-electron chi connectivity index (χ1n) is 8.17. The summed E-state index contributed by atoms with van der Waals surface area (Å²) >= 11 is 1.24. The molecule has 1 aliphatic rings. The number of aromatic nitrogens is 4. The molecule has 1 atom stereocenters. The molecule has 0 spiro atoms. The molecule has 27 heavy (non-hydrogen) atoms. The molecule has 0 bridgehead atoms. The summed E-state index contributed by atoms with van der Waals surface area (Å²) in [6, 6.07) is 3.45. The van der Waals surface area contributed by atoms with Crippen LogP contribution in [0.25, 0.3) is 10.7 Å². The summed E-state index contributed by atoms with van der Waals surface area (Å²) in [5.41, 5.74) is 0.471. The van der Waals surface area contributed by atoms with Crippen molar-refractivity contribution in [2.45, 2.75) is 38.0 Å². The number of carbonyl (C=O) groups excluding carboxylic acids is 1. The third-order valence-corrected chi connectivity index (χ3v) is 5.35. The van der Waals surface area contributed by atoms with Crippen LogP contribution >= 0.6 is 11.3 Å². The van der Waals surface area contributed by atoms with Gasteiger partial charge in [0.15, 0.2) is 0 Å². The van der Waals surface area contributed by atoms with Crippen LogP contribution in [0, 0.1) is 0 Å². The molecule has 1 fully saturated rings. The van der Waals surface area contributed by atoms with Gasteiger partial charge in [0.1, 0.15) is 0 Å². The Balaban J connectivity index is 1.50. The first-order chi connectivity index (χ1) is 12.8. The Morgan fingerprint density at radius 1 is 1.41 bits per heavy atom. The normalized spacial score (nSPS) is 15.7. The van der Waals surface area contributed by atoms with Crippen LogP contribution in [0.4, 0.5) is 13.2 Å². The van der Waals surface area contributed by atoms with Gasteiger partial charge < -0.3 is 9.84 Å². The second kappa shape index (κ2) is 6.48. The SMILES string of the molecule is CC(c1ccc(-c2noc(C(F)(F)F)n2)s1)n1cc(C(=O)NC2CC2)cn1. The highest BCUT2D eigenvalue weighted by molar-refractivity contribution is 7.15. The lowest BCUT2D eigenvalue weighted by Crippen LogP contribution is -2.24. The molecule has 1 aliphatic carbocycles. The summed E-state index contributed by atoms with van der Waals surface area (Å²) < 4.78 is 43.7. The van der Waals surface area contributed by atoms with E-state index in [0.717, 1.165) is 17.7 Å². The number of thiophene rings is 1. The van der Waals surface area contributed by atoms with Gasteiger partial charge in [0.25, 0.3) is 5.91 Å². The van der Waals surface area contributed by atoms with E-state index in [2.05, 4.69) is 25.1 Å². The third-order valence-electron chi connectivity index (χ3n) is 4.10. The van der Waals surface area contributed by atoms with Crippen molar-refractivity contribution in [3.8, 4) is 10.7 Å². The maximum absolute atomic E-state index is 12.6. The van der Waals surface area contributed by atoms with E-state index < -0.39 is 12.1 Å². The van der Waals surface area contributed by atoms with Gasteiger partial charge in [-0.1, -0.05) is 5.16 Å². The molecule has 3 aromatic heterocycles. The number of amides is 1. The van der Waals surface area contributed by atoms with Gasteiger partial charge in [-0.3, -0.25) is 9.48 Å². The van der Waals surface area contributed by atoms with E-state index in [9.17, 15) is 18.0 Å². The molecule has 3 aromatic rings. The molecule has 4 rings (SSSR count). The molecule has 0 aliphatic heterocycles. The number of alkyl halides is 3. The van der Waals surface area contributed by atoms with Gasteiger partial charge >= 0.3 is 12.1 Å². The number of nitrogens with one attached hydrogen (secondary N) is 1. The average molecular weight is 397 g/mol. The molecule has 3 heterocycles. The number of hydrogen-bond acceptors (Lipinski definition) is 6. The van der Waals surface area contributed by atoms with Gasteiger partial charge in [-0.25, -0.2) is 0 Å². The molecule has 11 heteroatoms. The Morgan fingerprint density at radius 2 is 2.19 bits per heavy atom. The van der Waals surface area contributed by atoms with Crippen molar-refractivity contribution >= 4 is 17.2 Å². The lowest BCUT2D eigenvalue weighted by Gasteiger charge is -2.09. The molecular formula is C16H14F3N5O2S. The van der Waals surface area contributed by atoms with Crippen LogP contribution in [0.15, 0.2) is 29.0 Å². The predicted octanol–water partition coefficient (Wildman–Crippen LogP) is 3.51. The molecule has 1 amide bonds. The fourth-order valence-electron chi connectivity index (χ4n) is 2.43. The monoisotopic (exact) mass is 397 g/mol. The summed E-state index contributed by atoms with van der Waals surface area (Å²) in [4.78, 5) is 16.7. The van der Waals surface area contributed by atoms with Crippen LogP contribution in [0.5, 0.6) is 0 Å². The van der Waals surface area contributed by atoms with Gasteiger partial charge in [0.2, 0.25) is 5.82 Å². The third kappa shape index (κ3) is 3.72. The molecule has 1 unspecified atom stereocenters. The Morgan fingerprint density at radius 3 is 2.85 bits per heavy atom. The van der Waals surface area contributed by atoms with E-state index in [-0.39, 0.29) is 23.8 Å². The highest BCUT2D eigenvalue weighted by Gasteiger charge is 2.38. The topological polar surface area (TPSA) is 85.8 Å². The van der Waals surface area contributed by atoms with E-state index >= 15 is 0 Å². The zero-order chi connectivity index (χ0) is 19.2. The number of carbonyl (C=O) groups is 1. The van der Waals surface area contributed by atoms with Crippen molar-refractivity contribution in [3.05, 3.63) is 40.9 Å². The minimum atomic E-state index is -4.68. The van der Waals surface area contributed by atoms with E-state index in [1.54, 1.807) is 23.0 Å². The van der Waals surface area contributed by atoms with Crippen LogP contribution in [0.1, 0.15) is 46.9 Å². The van der Waals surface area contributed by atoms with E-state index in [0.29, 0.717) is 10.4 Å². The zero-order valence-electron chi connectivity index (χ0n) is 14.0. The van der Waals surface area contributed by atoms with Crippen LogP contribution in [0.2, 0.25) is 0 Å². The van der Waals surface area contributed by atoms with Crippen molar-refractivity contribution in [2.75, 3.05) is 0 Å². The summed E-state index contributed by atoms with van der Waals surface area (Å²) in [5, 5.41) is 10.5. The van der Waals surface area contributed by atoms with Crippen molar-refractivity contribution in [2.24, 2.45) is 0 Å². The smallest absolute Gasteiger partial charge is 0.349 e. The first kappa shape index (κ1) is 17.7. The summed E-state index contributed by atoms with van der Waals surface area (Å²) in [6.45, 7) is 1.88. The molecule has 0 saturated heterocycles. The molecule has 142 valence electrons. The van der Waals surface area contributed by atoms with Gasteiger partial charge in [0.05, 0.1) is 22.7 Å². The fraction of sp³-hybridized carbons (Fsp3) is 0.375. The Kier molecular flexibility index (Phi) is 4.25. The van der Waals surface area contributed by atoms with Gasteiger partial charge in [0, 0.05) is 17.1 Å². The number of rotatable bonds is 5. The van der Waals surface area contributed by atoms with Crippen molar-refractivity contribution in [1.29, 1.82) is 0 Å². The summed E-state index contributed by atoms with van der Waals surface area (Å²) in [7, 11) is 0. The fourth-order valence-corrected chi connectivity index (χ4v) is 3.41. The standard InChI is InChI=1S/C16H14F3N5O2S/c1-8(24-7-9(6-20-24)14(25)21-10-2-3-10)11-4-5-12(27-11)13-22-15(26-23-13)16(17,18)19/h4-8,10H,2-3H2,1H3,(H,21,25). The summed E-state index contributed by atoms with van der Waals surface area (Å²) in [5.74, 6) is -1.65. The van der Waals surface area contributed by atoms with Crippen molar-refractivity contribution < 1.29 is 22.5 Å². The molecule has 1 saturated carbocycles. The maximum atomic E-state index is 12.6. The van der Waals surface area contributed by atoms with Gasteiger partial charge in [-0.2, -0.15) is 23.3 Å². The van der Waals surface area contributed by atoms with E-state index in [4.69, 9.17) is 0 Å². The maximum Gasteiger partial charge on any atom is 0.471 e. The lowest BCUT2D eigenvalue weighted by molar-refractivity contribution is -0.159. The quantitative estimate of drug-likeness (QED) is 0.712. The predicted molar refractivity (Wildman–Crippen MR) is 89.1 cm³/mol. The van der Waals surface area contributed by atoms with Crippen LogP contribution in [-0.2, 0) is 6.18 Å². The molecule has 0 radical (unpaired) electrons. The molecule has 7 nitrogen and oxygen atoms in total. The van der Waals surface area contributed by atoms with E-state index in [1.165, 1.54) is 17.5 Å². The van der Waals surface area contributed by atoms with Crippen LogP contribution in [-0.4, -0.2) is 31.9 Å². The second-order valence-electron chi connectivity index (χ2n) is 6.26. The summed E-state index contributed by atoms with van der Waals surface area (Å²) in [6.07, 6.45) is 0.474. The van der Waals surface area contributed by atoms with Crippen LogP contribution in [0.3, 0.4) is 0 Å². The molecule has 0 aromatic carbocycles. The van der Waals surface area contributed by atoms with Gasteiger partial charge in [-0.15, -0.1) is 11.3 Å². The highest BCUT2D eigenvalue weighted by atomic mass is 32.1. The first-order valence-corrected chi connectivity index (χ1v) is 8.99. The Hall–Kier alpha value is -2.69. The van der Waals surface area contributed by atoms with Crippen molar-refractivity contribution in [1.82, 2.24) is 25.2 Å². The minimum Gasteiger partial charge on any atom is -0.349 e. The largest absolute Gasteiger partial charge is 0.471 e. The number of halogens is 3. The number of nitrogens with zero attached hydrogens (tertiary/aromatic N) is 4. The van der Waals surface area contributed by atoms with Crippen LogP contribution < -0.4 is 5.32 Å². The molecule has 1 N–H and O–H groups in total. The van der Waals surface area contributed by atoms with E-state index in [1.807, 2.05) is 6.92 Å². The average Bonchev–Trinajstić information content (AvgIpc) is 3.09. The second-order valence-corrected chi connectivity index (χ2v) is 7.37. The van der Waals surface area contributed by atoms with Crippen molar-refractivity contribution in [3.63, 3.8) is 0 Å². The Bertz CT molecular complexity index is 973. The zero-order valence-corrected chi connectivity index (χ0v) is 14.8. The molecular weight excluding hydrogens is 383 g/mol. The number of hydrogen-bond donors (Lipinski definition) is 1.